The molecule has 0 spiro atoms. The van der Waals surface area contributed by atoms with Crippen LogP contribution < -0.4 is 20.3 Å². The maximum Gasteiger partial charge on any atom is 0.260 e. The topological polar surface area (TPSA) is 84.6 Å². The van der Waals surface area contributed by atoms with Crippen LogP contribution in [0.2, 0.25) is 0 Å². The van der Waals surface area contributed by atoms with Gasteiger partial charge in [0.15, 0.2) is 0 Å². The van der Waals surface area contributed by atoms with Crippen LogP contribution in [-0.2, 0) is 6.54 Å². The van der Waals surface area contributed by atoms with Gasteiger partial charge >= 0.3 is 0 Å². The largest absolute Gasteiger partial charge is 0.496 e. The van der Waals surface area contributed by atoms with E-state index in [9.17, 15) is 9.18 Å². The Morgan fingerprint density at radius 1 is 1.16 bits per heavy atom. The summed E-state index contributed by atoms with van der Waals surface area (Å²) >= 11 is 0. The molecule has 8 heteroatoms. The van der Waals surface area contributed by atoms with Crippen molar-refractivity contribution < 1.29 is 13.9 Å². The monoisotopic (exact) mass is 433 g/mol. The zero-order chi connectivity index (χ0) is 22.4. The zero-order valence-electron chi connectivity index (χ0n) is 18.0. The maximum atomic E-state index is 14.8. The highest BCUT2D eigenvalue weighted by Crippen LogP contribution is 2.40. The Hall–Kier alpha value is -3.52. The number of rotatable bonds is 4. The highest BCUT2D eigenvalue weighted by Gasteiger charge is 2.33. The molecule has 1 saturated heterocycles. The minimum Gasteiger partial charge on any atom is -0.496 e. The fraction of sp³-hybridized carbons (Fsp3) is 0.292. The Bertz CT molecular complexity index is 1210. The lowest BCUT2D eigenvalue weighted by Crippen LogP contribution is -2.29. The van der Waals surface area contributed by atoms with Crippen LogP contribution in [0.15, 0.2) is 42.5 Å². The summed E-state index contributed by atoms with van der Waals surface area (Å²) in [5.74, 6) is 0.969. The number of fused-ring (bicyclic) bond motifs is 1. The predicted octanol–water partition coefficient (Wildman–Crippen LogP) is 3.30. The van der Waals surface area contributed by atoms with E-state index in [1.54, 1.807) is 35.2 Å². The summed E-state index contributed by atoms with van der Waals surface area (Å²) in [6.07, 6.45) is 0.883. The molecule has 1 fully saturated rings. The normalized spacial score (nSPS) is 17.8. The van der Waals surface area contributed by atoms with Gasteiger partial charge in [0.2, 0.25) is 5.95 Å². The number of hydrogen-bond donors (Lipinski definition) is 1. The molecule has 0 saturated carbocycles. The number of aromatic nitrogens is 2. The van der Waals surface area contributed by atoms with Crippen molar-refractivity contribution in [2.75, 3.05) is 30.0 Å². The molecule has 3 aromatic rings. The Morgan fingerprint density at radius 2 is 1.94 bits per heavy atom. The number of hydrogen-bond acceptors (Lipinski definition) is 6. The van der Waals surface area contributed by atoms with Gasteiger partial charge in [0.1, 0.15) is 17.4 Å². The lowest BCUT2D eigenvalue weighted by Gasteiger charge is -2.20. The molecular weight excluding hydrogens is 409 g/mol. The van der Waals surface area contributed by atoms with Crippen LogP contribution in [0.4, 0.5) is 16.2 Å². The molecule has 2 aliphatic heterocycles. The molecule has 1 aromatic heterocycles. The molecule has 2 N–H and O–H groups in total. The first kappa shape index (κ1) is 20.4. The third kappa shape index (κ3) is 3.36. The van der Waals surface area contributed by atoms with Crippen molar-refractivity contribution in [3.63, 3.8) is 0 Å². The molecule has 2 aromatic carbocycles. The van der Waals surface area contributed by atoms with Crippen LogP contribution in [0, 0.1) is 12.7 Å². The van der Waals surface area contributed by atoms with Crippen LogP contribution in [-0.4, -0.2) is 42.1 Å². The summed E-state index contributed by atoms with van der Waals surface area (Å²) in [5.41, 5.74) is 9.10. The molecule has 164 valence electrons. The van der Waals surface area contributed by atoms with Crippen molar-refractivity contribution in [2.24, 2.45) is 5.73 Å². The average molecular weight is 433 g/mol. The Labute approximate surface area is 185 Å². The van der Waals surface area contributed by atoms with Gasteiger partial charge in [-0.1, -0.05) is 18.2 Å². The van der Waals surface area contributed by atoms with Crippen molar-refractivity contribution in [3.05, 3.63) is 65.1 Å². The summed E-state index contributed by atoms with van der Waals surface area (Å²) in [4.78, 5) is 26.2. The maximum absolute atomic E-state index is 14.8. The molecule has 1 unspecified atom stereocenters. The van der Waals surface area contributed by atoms with Gasteiger partial charge in [-0.2, -0.15) is 4.98 Å². The molecule has 32 heavy (non-hydrogen) atoms. The van der Waals surface area contributed by atoms with Crippen LogP contribution >= 0.6 is 0 Å². The van der Waals surface area contributed by atoms with Gasteiger partial charge in [0, 0.05) is 36.5 Å². The van der Waals surface area contributed by atoms with Crippen molar-refractivity contribution in [1.29, 1.82) is 0 Å². The quantitative estimate of drug-likeness (QED) is 0.680. The molecule has 3 heterocycles. The van der Waals surface area contributed by atoms with E-state index in [4.69, 9.17) is 10.5 Å². The van der Waals surface area contributed by atoms with Crippen molar-refractivity contribution in [1.82, 2.24) is 9.97 Å². The number of carbonyl (C=O) groups excluding carboxylic acids is 1. The predicted molar refractivity (Wildman–Crippen MR) is 120 cm³/mol. The van der Waals surface area contributed by atoms with Crippen molar-refractivity contribution in [3.8, 4) is 16.9 Å². The molecule has 2 aliphatic rings. The Morgan fingerprint density at radius 3 is 2.69 bits per heavy atom. The number of nitrogens with zero attached hydrogens (tertiary/aromatic N) is 4. The van der Waals surface area contributed by atoms with Gasteiger partial charge in [-0.25, -0.2) is 9.37 Å². The van der Waals surface area contributed by atoms with E-state index in [0.717, 1.165) is 24.2 Å². The second kappa shape index (κ2) is 7.87. The third-order valence-corrected chi connectivity index (χ3v) is 6.05. The SMILES string of the molecule is COc1cccc(F)c1-c1cccc2c1CN(c1cc(C)nc(N3CCC(N)C3)n1)C2=O. The fourth-order valence-electron chi connectivity index (χ4n) is 4.47. The van der Waals surface area contributed by atoms with Crippen LogP contribution in [0.3, 0.4) is 0 Å². The first-order valence-electron chi connectivity index (χ1n) is 10.6. The van der Waals surface area contributed by atoms with E-state index in [1.807, 2.05) is 17.9 Å². The molecule has 0 radical (unpaired) electrons. The van der Waals surface area contributed by atoms with Crippen LogP contribution in [0.25, 0.3) is 11.1 Å². The van der Waals surface area contributed by atoms with Crippen LogP contribution in [0.5, 0.6) is 5.75 Å². The minimum atomic E-state index is -0.394. The number of benzene rings is 2. The highest BCUT2D eigenvalue weighted by molar-refractivity contribution is 6.11. The molecule has 1 amide bonds. The number of nitrogens with two attached hydrogens (primary N) is 1. The van der Waals surface area contributed by atoms with Crippen LogP contribution in [0.1, 0.15) is 28.0 Å². The van der Waals surface area contributed by atoms with Gasteiger partial charge in [0.05, 0.1) is 19.2 Å². The number of amides is 1. The lowest BCUT2D eigenvalue weighted by atomic mass is 9.96. The summed E-state index contributed by atoms with van der Waals surface area (Å²) in [5, 5.41) is 0. The van der Waals surface area contributed by atoms with Gasteiger partial charge in [-0.05, 0) is 42.7 Å². The average Bonchev–Trinajstić information content (AvgIpc) is 3.37. The van der Waals surface area contributed by atoms with E-state index < -0.39 is 5.82 Å². The van der Waals surface area contributed by atoms with Gasteiger partial charge in [0.25, 0.3) is 5.91 Å². The van der Waals surface area contributed by atoms with E-state index in [0.29, 0.717) is 40.8 Å². The number of methoxy groups -OCH3 is 1. The summed E-state index contributed by atoms with van der Waals surface area (Å²) in [7, 11) is 1.51. The molecule has 5 rings (SSSR count). The van der Waals surface area contributed by atoms with E-state index in [1.165, 1.54) is 13.2 Å². The molecule has 0 aliphatic carbocycles. The lowest BCUT2D eigenvalue weighted by molar-refractivity contribution is 0.0996. The molecule has 1 atom stereocenters. The second-order valence-corrected chi connectivity index (χ2v) is 8.20. The van der Waals surface area contributed by atoms with E-state index in [2.05, 4.69) is 9.97 Å². The third-order valence-electron chi connectivity index (χ3n) is 6.05. The Kier molecular flexibility index (Phi) is 5.01. The van der Waals surface area contributed by atoms with Gasteiger partial charge in [-0.3, -0.25) is 9.69 Å². The molecule has 0 bridgehead atoms. The first-order chi connectivity index (χ1) is 15.5. The molecule has 7 nitrogen and oxygen atoms in total. The molecular formula is C24H24FN5O2. The number of halogens is 1. The highest BCUT2D eigenvalue weighted by atomic mass is 19.1. The number of carbonyl (C=O) groups is 1. The minimum absolute atomic E-state index is 0.0959. The standard InChI is InChI=1S/C24H24FN5O2/c1-14-11-21(28-24(27-14)29-10-9-15(26)12-29)30-13-18-16(5-3-6-17(18)23(30)31)22-19(25)7-4-8-20(22)32-2/h3-8,11,15H,9-10,12-13,26H2,1-2H3. The summed E-state index contributed by atoms with van der Waals surface area (Å²) in [6.45, 7) is 3.65. The number of anilines is 2. The smallest absolute Gasteiger partial charge is 0.260 e. The fourth-order valence-corrected chi connectivity index (χ4v) is 4.47. The van der Waals surface area contributed by atoms with Crippen molar-refractivity contribution >= 4 is 17.7 Å². The van der Waals surface area contributed by atoms with Crippen molar-refractivity contribution in [2.45, 2.75) is 25.9 Å². The second-order valence-electron chi connectivity index (χ2n) is 8.20. The zero-order valence-corrected chi connectivity index (χ0v) is 18.0. The van der Waals surface area contributed by atoms with E-state index >= 15 is 0 Å². The number of ether oxygens (including phenoxy) is 1. The van der Waals surface area contributed by atoms with Gasteiger partial charge in [-0.15, -0.1) is 0 Å². The summed E-state index contributed by atoms with van der Waals surface area (Å²) in [6, 6.07) is 12.0. The van der Waals surface area contributed by atoms with E-state index in [-0.39, 0.29) is 18.5 Å². The van der Waals surface area contributed by atoms with Gasteiger partial charge < -0.3 is 15.4 Å². The summed E-state index contributed by atoms with van der Waals surface area (Å²) < 4.78 is 20.2. The number of aryl methyl sites for hydroxylation is 1. The first-order valence-corrected chi connectivity index (χ1v) is 10.6. The Balaban J connectivity index is 1.55.